The second-order valence-electron chi connectivity index (χ2n) is 4.56. The van der Waals surface area contributed by atoms with Crippen LogP contribution in [0, 0.1) is 13.8 Å². The summed E-state index contributed by atoms with van der Waals surface area (Å²) in [5.74, 6) is 0.675. The van der Waals surface area contributed by atoms with Crippen molar-refractivity contribution in [1.29, 1.82) is 0 Å². The van der Waals surface area contributed by atoms with Gasteiger partial charge < -0.3 is 10.1 Å². The molecule has 1 amide bonds. The molecule has 0 aliphatic rings. The fourth-order valence-corrected chi connectivity index (χ4v) is 2.01. The maximum Gasteiger partial charge on any atom is 0.251 e. The van der Waals surface area contributed by atoms with Crippen molar-refractivity contribution in [2.24, 2.45) is 0 Å². The van der Waals surface area contributed by atoms with Crippen molar-refractivity contribution in [2.45, 2.75) is 20.4 Å². The zero-order valence-electron chi connectivity index (χ0n) is 11.9. The Morgan fingerprint density at radius 2 is 2.00 bits per heavy atom. The Morgan fingerprint density at radius 1 is 1.25 bits per heavy atom. The highest BCUT2D eigenvalue weighted by atomic mass is 16.5. The Morgan fingerprint density at radius 3 is 2.75 bits per heavy atom. The van der Waals surface area contributed by atoms with Crippen LogP contribution in [0.25, 0.3) is 0 Å². The number of ether oxygens (including phenoxy) is 1. The molecule has 4 heteroatoms. The number of para-hydroxylation sites is 1. The molecular formula is C16H18N2O2. The van der Waals surface area contributed by atoms with E-state index in [0.29, 0.717) is 12.1 Å². The lowest BCUT2D eigenvalue weighted by Crippen LogP contribution is -2.24. The molecule has 1 aromatic heterocycles. The average molecular weight is 270 g/mol. The van der Waals surface area contributed by atoms with Crippen LogP contribution in [0.5, 0.6) is 5.75 Å². The molecule has 20 heavy (non-hydrogen) atoms. The third-order valence-corrected chi connectivity index (χ3v) is 3.33. The minimum Gasteiger partial charge on any atom is -0.496 e. The van der Waals surface area contributed by atoms with Crippen LogP contribution in [0.2, 0.25) is 0 Å². The van der Waals surface area contributed by atoms with E-state index in [1.807, 2.05) is 38.1 Å². The van der Waals surface area contributed by atoms with Crippen molar-refractivity contribution < 1.29 is 9.53 Å². The van der Waals surface area contributed by atoms with Gasteiger partial charge in [-0.2, -0.15) is 0 Å². The van der Waals surface area contributed by atoms with Crippen LogP contribution in [0.15, 0.2) is 36.5 Å². The smallest absolute Gasteiger partial charge is 0.251 e. The highest BCUT2D eigenvalue weighted by molar-refractivity contribution is 5.95. The molecule has 0 aliphatic carbocycles. The fraction of sp³-hybridized carbons (Fsp3) is 0.250. The van der Waals surface area contributed by atoms with Crippen LogP contribution >= 0.6 is 0 Å². The summed E-state index contributed by atoms with van der Waals surface area (Å²) in [5, 5.41) is 2.91. The van der Waals surface area contributed by atoms with Gasteiger partial charge in [0.25, 0.3) is 5.91 Å². The Hall–Kier alpha value is -2.36. The van der Waals surface area contributed by atoms with E-state index in [2.05, 4.69) is 10.3 Å². The van der Waals surface area contributed by atoms with Crippen LogP contribution in [0.1, 0.15) is 27.2 Å². The number of carbonyl (C=O) groups excluding carboxylic acids is 1. The molecule has 0 atom stereocenters. The van der Waals surface area contributed by atoms with E-state index in [1.165, 1.54) is 0 Å². The Bertz CT molecular complexity index is 624. The zero-order chi connectivity index (χ0) is 14.5. The molecule has 0 spiro atoms. The monoisotopic (exact) mass is 270 g/mol. The highest BCUT2D eigenvalue weighted by Gasteiger charge is 2.11. The van der Waals surface area contributed by atoms with Crippen LogP contribution < -0.4 is 10.1 Å². The molecule has 1 N–H and O–H groups in total. The van der Waals surface area contributed by atoms with Crippen molar-refractivity contribution in [3.8, 4) is 5.75 Å². The second kappa shape index (κ2) is 6.19. The molecule has 1 heterocycles. The van der Waals surface area contributed by atoms with Gasteiger partial charge in [-0.3, -0.25) is 9.78 Å². The molecule has 0 saturated heterocycles. The molecule has 2 aromatic rings. The normalized spacial score (nSPS) is 10.2. The summed E-state index contributed by atoms with van der Waals surface area (Å²) in [5.41, 5.74) is 3.39. The minimum atomic E-state index is -0.0982. The van der Waals surface area contributed by atoms with Gasteiger partial charge in [-0.15, -0.1) is 0 Å². The van der Waals surface area contributed by atoms with E-state index in [1.54, 1.807) is 19.4 Å². The topological polar surface area (TPSA) is 51.2 Å². The molecule has 1 aromatic carbocycles. The summed E-state index contributed by atoms with van der Waals surface area (Å²) in [6.07, 6.45) is 1.65. The average Bonchev–Trinajstić information content (AvgIpc) is 2.48. The quantitative estimate of drug-likeness (QED) is 0.929. The summed E-state index contributed by atoms with van der Waals surface area (Å²) in [4.78, 5) is 16.4. The van der Waals surface area contributed by atoms with Crippen LogP contribution in [0.4, 0.5) is 0 Å². The first-order chi connectivity index (χ1) is 9.63. The summed E-state index contributed by atoms with van der Waals surface area (Å²) in [7, 11) is 1.62. The van der Waals surface area contributed by atoms with E-state index >= 15 is 0 Å². The lowest BCUT2D eigenvalue weighted by atomic mass is 10.1. The van der Waals surface area contributed by atoms with Crippen LogP contribution in [0.3, 0.4) is 0 Å². The number of pyridine rings is 1. The lowest BCUT2D eigenvalue weighted by molar-refractivity contribution is 0.0950. The van der Waals surface area contributed by atoms with Crippen molar-refractivity contribution in [3.05, 3.63) is 58.9 Å². The maximum atomic E-state index is 12.2. The summed E-state index contributed by atoms with van der Waals surface area (Å²) in [6, 6.07) is 9.37. The standard InChI is InChI=1S/C16H18N2O2/c1-11-12(2)17-9-8-14(11)16(19)18-10-13-6-4-5-7-15(13)20-3/h4-9H,10H2,1-3H3,(H,18,19). The molecule has 0 unspecified atom stereocenters. The number of rotatable bonds is 4. The number of carbonyl (C=O) groups is 1. The number of aromatic nitrogens is 1. The first kappa shape index (κ1) is 14.1. The predicted octanol–water partition coefficient (Wildman–Crippen LogP) is 2.64. The molecule has 4 nitrogen and oxygen atoms in total. The van der Waals surface area contributed by atoms with E-state index in [4.69, 9.17) is 4.74 Å². The number of amides is 1. The van der Waals surface area contributed by atoms with E-state index in [0.717, 1.165) is 22.6 Å². The van der Waals surface area contributed by atoms with Crippen LogP contribution in [-0.2, 0) is 6.54 Å². The van der Waals surface area contributed by atoms with E-state index < -0.39 is 0 Å². The predicted molar refractivity (Wildman–Crippen MR) is 77.9 cm³/mol. The van der Waals surface area contributed by atoms with Gasteiger partial charge in [0.15, 0.2) is 0 Å². The SMILES string of the molecule is COc1ccccc1CNC(=O)c1ccnc(C)c1C. The van der Waals surface area contributed by atoms with Gasteiger partial charge in [0, 0.05) is 29.6 Å². The van der Waals surface area contributed by atoms with Crippen molar-refractivity contribution >= 4 is 5.91 Å². The molecule has 0 aliphatic heterocycles. The van der Waals surface area contributed by atoms with Crippen LogP contribution in [-0.4, -0.2) is 18.0 Å². The van der Waals surface area contributed by atoms with Gasteiger partial charge in [-0.05, 0) is 31.5 Å². The third kappa shape index (κ3) is 2.96. The second-order valence-corrected chi connectivity index (χ2v) is 4.56. The molecule has 2 rings (SSSR count). The molecule has 0 fully saturated rings. The van der Waals surface area contributed by atoms with Gasteiger partial charge in [0.05, 0.1) is 7.11 Å². The van der Waals surface area contributed by atoms with E-state index in [-0.39, 0.29) is 5.91 Å². The summed E-state index contributed by atoms with van der Waals surface area (Å²) >= 11 is 0. The number of hydrogen-bond acceptors (Lipinski definition) is 3. The van der Waals surface area contributed by atoms with Gasteiger partial charge in [-0.1, -0.05) is 18.2 Å². The summed E-state index contributed by atoms with van der Waals surface area (Å²) < 4.78 is 5.26. The molecule has 104 valence electrons. The summed E-state index contributed by atoms with van der Waals surface area (Å²) in [6.45, 7) is 4.23. The van der Waals surface area contributed by atoms with Crippen molar-refractivity contribution in [1.82, 2.24) is 10.3 Å². The highest BCUT2D eigenvalue weighted by Crippen LogP contribution is 2.17. The maximum absolute atomic E-state index is 12.2. The Labute approximate surface area is 118 Å². The first-order valence-corrected chi connectivity index (χ1v) is 6.45. The third-order valence-electron chi connectivity index (χ3n) is 3.33. The van der Waals surface area contributed by atoms with Gasteiger partial charge in [0.2, 0.25) is 0 Å². The molecule has 0 bridgehead atoms. The fourth-order valence-electron chi connectivity index (χ4n) is 2.01. The number of methoxy groups -OCH3 is 1. The van der Waals surface area contributed by atoms with Crippen molar-refractivity contribution in [3.63, 3.8) is 0 Å². The number of nitrogens with one attached hydrogen (secondary N) is 1. The van der Waals surface area contributed by atoms with Gasteiger partial charge >= 0.3 is 0 Å². The minimum absolute atomic E-state index is 0.0982. The number of aryl methyl sites for hydroxylation is 1. The largest absolute Gasteiger partial charge is 0.496 e. The van der Waals surface area contributed by atoms with E-state index in [9.17, 15) is 4.79 Å². The van der Waals surface area contributed by atoms with Gasteiger partial charge in [-0.25, -0.2) is 0 Å². The Kier molecular flexibility index (Phi) is 4.35. The Balaban J connectivity index is 2.11. The number of hydrogen-bond donors (Lipinski definition) is 1. The first-order valence-electron chi connectivity index (χ1n) is 6.45. The van der Waals surface area contributed by atoms with Gasteiger partial charge in [0.1, 0.15) is 5.75 Å². The molecule has 0 radical (unpaired) electrons. The lowest BCUT2D eigenvalue weighted by Gasteiger charge is -2.11. The zero-order valence-corrected chi connectivity index (χ0v) is 11.9. The number of nitrogens with zero attached hydrogens (tertiary/aromatic N) is 1. The molecule has 0 saturated carbocycles. The van der Waals surface area contributed by atoms with Crippen molar-refractivity contribution in [2.75, 3.05) is 7.11 Å². The molecular weight excluding hydrogens is 252 g/mol. The number of benzene rings is 1.